The monoisotopic (exact) mass is 191 g/mol. The highest BCUT2D eigenvalue weighted by Gasteiger charge is 2.12. The van der Waals surface area contributed by atoms with Crippen molar-refractivity contribution in [3.63, 3.8) is 0 Å². The molecule has 1 heterocycles. The topological polar surface area (TPSA) is 43.1 Å². The van der Waals surface area contributed by atoms with Crippen LogP contribution in [0.25, 0.3) is 10.1 Å². The molecule has 0 radical (unpaired) electrons. The molecule has 0 saturated carbocycles. The van der Waals surface area contributed by atoms with Crippen LogP contribution in [0.5, 0.6) is 0 Å². The van der Waals surface area contributed by atoms with Gasteiger partial charge in [-0.1, -0.05) is 18.2 Å². The van der Waals surface area contributed by atoms with Crippen LogP contribution in [-0.4, -0.2) is 5.91 Å². The summed E-state index contributed by atoms with van der Waals surface area (Å²) in [5.74, 6) is -0.338. The zero-order valence-electron chi connectivity index (χ0n) is 7.20. The summed E-state index contributed by atoms with van der Waals surface area (Å²) < 4.78 is 1.12. The molecule has 0 fully saturated rings. The molecular weight excluding hydrogens is 182 g/mol. The zero-order chi connectivity index (χ0) is 9.42. The van der Waals surface area contributed by atoms with Crippen LogP contribution in [0.4, 0.5) is 0 Å². The Bertz CT molecular complexity index is 473. The number of benzene rings is 1. The molecule has 2 nitrogen and oxygen atoms in total. The molecule has 0 spiro atoms. The number of hydrogen-bond acceptors (Lipinski definition) is 2. The molecule has 0 aliphatic rings. The third kappa shape index (κ3) is 1.21. The summed E-state index contributed by atoms with van der Waals surface area (Å²) in [7, 11) is 0. The number of aryl methyl sites for hydroxylation is 1. The fourth-order valence-corrected chi connectivity index (χ4v) is 2.54. The van der Waals surface area contributed by atoms with Crippen LogP contribution in [-0.2, 0) is 0 Å². The third-order valence-electron chi connectivity index (χ3n) is 2.02. The highest BCUT2D eigenvalue weighted by molar-refractivity contribution is 7.19. The maximum Gasteiger partial charge on any atom is 0.250 e. The van der Waals surface area contributed by atoms with Gasteiger partial charge in [0.1, 0.15) is 0 Å². The van der Waals surface area contributed by atoms with Crippen LogP contribution in [0, 0.1) is 6.92 Å². The lowest BCUT2D eigenvalue weighted by molar-refractivity contribution is 0.100. The minimum Gasteiger partial charge on any atom is -0.366 e. The van der Waals surface area contributed by atoms with Crippen molar-refractivity contribution in [3.8, 4) is 0 Å². The Balaban J connectivity index is 2.86. The van der Waals surface area contributed by atoms with Crippen LogP contribution in [0.2, 0.25) is 0 Å². The molecule has 13 heavy (non-hydrogen) atoms. The van der Waals surface area contributed by atoms with Gasteiger partial charge in [0.25, 0.3) is 0 Å². The van der Waals surface area contributed by atoms with E-state index in [0.29, 0.717) is 5.56 Å². The van der Waals surface area contributed by atoms with Crippen molar-refractivity contribution in [1.82, 2.24) is 0 Å². The molecule has 0 aliphatic carbocycles. The SMILES string of the molecule is Cc1sc2ccccc2c1C(N)=O. The Kier molecular flexibility index (Phi) is 1.81. The Labute approximate surface area is 80.0 Å². The quantitative estimate of drug-likeness (QED) is 0.738. The van der Waals surface area contributed by atoms with Crippen LogP contribution < -0.4 is 5.73 Å². The van der Waals surface area contributed by atoms with Crippen molar-refractivity contribution in [3.05, 3.63) is 34.7 Å². The number of carbonyl (C=O) groups is 1. The summed E-state index contributed by atoms with van der Waals surface area (Å²) in [6.07, 6.45) is 0. The van der Waals surface area contributed by atoms with Gasteiger partial charge in [0, 0.05) is 15.0 Å². The molecule has 3 heteroatoms. The minimum absolute atomic E-state index is 0.338. The first-order valence-electron chi connectivity index (χ1n) is 3.98. The maximum atomic E-state index is 11.1. The van der Waals surface area contributed by atoms with Crippen molar-refractivity contribution < 1.29 is 4.79 Å². The van der Waals surface area contributed by atoms with E-state index >= 15 is 0 Å². The molecule has 66 valence electrons. The lowest BCUT2D eigenvalue weighted by atomic mass is 10.1. The average molecular weight is 191 g/mol. The van der Waals surface area contributed by atoms with E-state index in [1.54, 1.807) is 11.3 Å². The molecule has 2 rings (SSSR count). The summed E-state index contributed by atoms with van der Waals surface area (Å²) in [4.78, 5) is 12.1. The van der Waals surface area contributed by atoms with Crippen LogP contribution in [0.1, 0.15) is 15.2 Å². The van der Waals surface area contributed by atoms with Gasteiger partial charge in [-0.3, -0.25) is 4.79 Å². The summed E-state index contributed by atoms with van der Waals surface area (Å²) in [6.45, 7) is 1.92. The Morgan fingerprint density at radius 2 is 2.08 bits per heavy atom. The summed E-state index contributed by atoms with van der Waals surface area (Å²) in [6, 6.07) is 7.81. The van der Waals surface area contributed by atoms with E-state index in [2.05, 4.69) is 0 Å². The molecule has 0 unspecified atom stereocenters. The summed E-state index contributed by atoms with van der Waals surface area (Å²) in [5, 5.41) is 0.970. The fraction of sp³-hybridized carbons (Fsp3) is 0.100. The third-order valence-corrected chi connectivity index (χ3v) is 3.10. The summed E-state index contributed by atoms with van der Waals surface area (Å²) >= 11 is 1.61. The van der Waals surface area contributed by atoms with Crippen LogP contribution in [0.15, 0.2) is 24.3 Å². The molecule has 1 aromatic heterocycles. The average Bonchev–Trinajstić information content (AvgIpc) is 2.39. The first-order chi connectivity index (χ1) is 6.20. The molecule has 1 amide bonds. The second-order valence-corrected chi connectivity index (χ2v) is 4.15. The van der Waals surface area contributed by atoms with E-state index in [1.165, 1.54) is 0 Å². The number of carbonyl (C=O) groups excluding carboxylic acids is 1. The molecule has 0 aliphatic heterocycles. The van der Waals surface area contributed by atoms with Crippen LogP contribution >= 0.6 is 11.3 Å². The molecular formula is C10H9NOS. The zero-order valence-corrected chi connectivity index (χ0v) is 8.02. The number of amides is 1. The molecule has 0 saturated heterocycles. The smallest absolute Gasteiger partial charge is 0.250 e. The Hall–Kier alpha value is -1.35. The number of hydrogen-bond donors (Lipinski definition) is 1. The standard InChI is InChI=1S/C10H9NOS/c1-6-9(10(11)12)7-4-2-3-5-8(7)13-6/h2-5H,1H3,(H2,11,12). The summed E-state index contributed by atoms with van der Waals surface area (Å²) in [5.41, 5.74) is 5.96. The number of primary amides is 1. The molecule has 2 N–H and O–H groups in total. The fourth-order valence-electron chi connectivity index (χ4n) is 1.47. The molecule has 1 aromatic carbocycles. The van der Waals surface area contributed by atoms with E-state index in [9.17, 15) is 4.79 Å². The second-order valence-electron chi connectivity index (χ2n) is 2.89. The van der Waals surface area contributed by atoms with E-state index < -0.39 is 0 Å². The van der Waals surface area contributed by atoms with Gasteiger partial charge in [0.15, 0.2) is 0 Å². The Morgan fingerprint density at radius 3 is 2.77 bits per heavy atom. The first kappa shape index (κ1) is 8.26. The van der Waals surface area contributed by atoms with Crippen molar-refractivity contribution in [2.45, 2.75) is 6.92 Å². The maximum absolute atomic E-state index is 11.1. The minimum atomic E-state index is -0.338. The van der Waals surface area contributed by atoms with E-state index in [-0.39, 0.29) is 5.91 Å². The van der Waals surface area contributed by atoms with Crippen LogP contribution in [0.3, 0.4) is 0 Å². The number of rotatable bonds is 1. The predicted molar refractivity (Wildman–Crippen MR) is 55.1 cm³/mol. The van der Waals surface area contributed by atoms with Gasteiger partial charge < -0.3 is 5.73 Å². The van der Waals surface area contributed by atoms with Crippen molar-refractivity contribution >= 4 is 27.3 Å². The molecule has 0 atom stereocenters. The molecule has 2 aromatic rings. The van der Waals surface area contributed by atoms with Gasteiger partial charge in [-0.2, -0.15) is 0 Å². The lowest BCUT2D eigenvalue weighted by Gasteiger charge is -1.93. The largest absolute Gasteiger partial charge is 0.366 e. The van der Waals surface area contributed by atoms with Gasteiger partial charge in [-0.25, -0.2) is 0 Å². The van der Waals surface area contributed by atoms with Gasteiger partial charge in [-0.05, 0) is 13.0 Å². The highest BCUT2D eigenvalue weighted by atomic mass is 32.1. The Morgan fingerprint density at radius 1 is 1.38 bits per heavy atom. The first-order valence-corrected chi connectivity index (χ1v) is 4.79. The molecule has 0 bridgehead atoms. The van der Waals surface area contributed by atoms with Gasteiger partial charge in [-0.15, -0.1) is 11.3 Å². The predicted octanol–water partition coefficient (Wildman–Crippen LogP) is 2.31. The van der Waals surface area contributed by atoms with Gasteiger partial charge in [0.2, 0.25) is 5.91 Å². The number of fused-ring (bicyclic) bond motifs is 1. The highest BCUT2D eigenvalue weighted by Crippen LogP contribution is 2.29. The van der Waals surface area contributed by atoms with E-state index in [4.69, 9.17) is 5.73 Å². The van der Waals surface area contributed by atoms with Gasteiger partial charge in [0.05, 0.1) is 5.56 Å². The van der Waals surface area contributed by atoms with E-state index in [0.717, 1.165) is 15.0 Å². The van der Waals surface area contributed by atoms with E-state index in [1.807, 2.05) is 31.2 Å². The lowest BCUT2D eigenvalue weighted by Crippen LogP contribution is -2.11. The van der Waals surface area contributed by atoms with Crippen molar-refractivity contribution in [2.75, 3.05) is 0 Å². The number of thiophene rings is 1. The number of nitrogens with two attached hydrogens (primary N) is 1. The normalized spacial score (nSPS) is 10.5. The second kappa shape index (κ2) is 2.85. The van der Waals surface area contributed by atoms with Crippen molar-refractivity contribution in [2.24, 2.45) is 5.73 Å². The van der Waals surface area contributed by atoms with Gasteiger partial charge >= 0.3 is 0 Å². The van der Waals surface area contributed by atoms with Crippen molar-refractivity contribution in [1.29, 1.82) is 0 Å².